The smallest absolute Gasteiger partial charge is 0.251 e. The van der Waals surface area contributed by atoms with Crippen LogP contribution in [0, 0.1) is 0 Å². The lowest BCUT2D eigenvalue weighted by Gasteiger charge is -2.12. The van der Waals surface area contributed by atoms with E-state index in [-0.39, 0.29) is 12.7 Å². The summed E-state index contributed by atoms with van der Waals surface area (Å²) in [6.07, 6.45) is 1.62. The fourth-order valence-corrected chi connectivity index (χ4v) is 3.07. The second-order valence-corrected chi connectivity index (χ2v) is 6.65. The van der Waals surface area contributed by atoms with Crippen LogP contribution in [0.25, 0.3) is 0 Å². The Hall–Kier alpha value is -3.22. The first-order valence-electron chi connectivity index (χ1n) is 9.91. The van der Waals surface area contributed by atoms with Crippen molar-refractivity contribution in [1.82, 2.24) is 16.0 Å². The van der Waals surface area contributed by atoms with Gasteiger partial charge in [-0.1, -0.05) is 18.2 Å². The number of hydrogen-bond acceptors (Lipinski definition) is 4. The normalized spacial score (nSPS) is 12.6. The van der Waals surface area contributed by atoms with E-state index in [4.69, 9.17) is 9.47 Å². The van der Waals surface area contributed by atoms with E-state index in [0.29, 0.717) is 12.1 Å². The summed E-state index contributed by atoms with van der Waals surface area (Å²) in [5, 5.41) is 9.27. The number of ether oxygens (including phenoxy) is 2. The van der Waals surface area contributed by atoms with Gasteiger partial charge < -0.3 is 25.4 Å². The number of hydrogen-bond donors (Lipinski definition) is 3. The van der Waals surface area contributed by atoms with Gasteiger partial charge in [-0.15, -0.1) is 0 Å². The Labute approximate surface area is 171 Å². The second-order valence-electron chi connectivity index (χ2n) is 6.65. The van der Waals surface area contributed by atoms with Crippen molar-refractivity contribution in [3.05, 3.63) is 59.2 Å². The molecule has 3 N–H and O–H groups in total. The number of nitrogens with zero attached hydrogens (tertiary/aromatic N) is 1. The SMILES string of the molecule is CCNC(=NCCc1ccc2c(c1)OCO2)NCCc1cccc(C(=O)NC)c1. The van der Waals surface area contributed by atoms with Crippen molar-refractivity contribution in [3.63, 3.8) is 0 Å². The van der Waals surface area contributed by atoms with Crippen LogP contribution in [0.5, 0.6) is 11.5 Å². The van der Waals surface area contributed by atoms with Crippen LogP contribution in [0.3, 0.4) is 0 Å². The van der Waals surface area contributed by atoms with Crippen molar-refractivity contribution < 1.29 is 14.3 Å². The predicted molar refractivity (Wildman–Crippen MR) is 114 cm³/mol. The first-order valence-corrected chi connectivity index (χ1v) is 9.91. The Morgan fingerprint density at radius 3 is 2.69 bits per heavy atom. The molecule has 2 aromatic carbocycles. The third-order valence-electron chi connectivity index (χ3n) is 4.57. The quantitative estimate of drug-likeness (QED) is 0.470. The molecule has 3 rings (SSSR count). The molecule has 0 radical (unpaired) electrons. The van der Waals surface area contributed by atoms with E-state index in [1.165, 1.54) is 5.56 Å². The topological polar surface area (TPSA) is 84.0 Å². The summed E-state index contributed by atoms with van der Waals surface area (Å²) in [5.41, 5.74) is 2.95. The molecule has 0 fully saturated rings. The molecule has 0 aromatic heterocycles. The van der Waals surface area contributed by atoms with Crippen LogP contribution in [-0.2, 0) is 12.8 Å². The lowest BCUT2D eigenvalue weighted by Crippen LogP contribution is -2.38. The van der Waals surface area contributed by atoms with E-state index in [1.54, 1.807) is 7.05 Å². The van der Waals surface area contributed by atoms with Gasteiger partial charge in [0.25, 0.3) is 5.91 Å². The Balaban J connectivity index is 1.50. The minimum Gasteiger partial charge on any atom is -0.454 e. The van der Waals surface area contributed by atoms with E-state index >= 15 is 0 Å². The summed E-state index contributed by atoms with van der Waals surface area (Å²) in [6.45, 7) is 4.52. The number of guanidine groups is 1. The molecule has 0 saturated heterocycles. The lowest BCUT2D eigenvalue weighted by molar-refractivity contribution is 0.0963. The molecule has 1 heterocycles. The zero-order valence-electron chi connectivity index (χ0n) is 17.0. The van der Waals surface area contributed by atoms with Crippen molar-refractivity contribution in [2.75, 3.05) is 33.5 Å². The first-order chi connectivity index (χ1) is 14.2. The number of nitrogens with one attached hydrogen (secondary N) is 3. The van der Waals surface area contributed by atoms with Gasteiger partial charge in [0.05, 0.1) is 0 Å². The highest BCUT2D eigenvalue weighted by molar-refractivity contribution is 5.94. The van der Waals surface area contributed by atoms with Gasteiger partial charge >= 0.3 is 0 Å². The second kappa shape index (κ2) is 10.4. The standard InChI is InChI=1S/C22H28N4O3/c1-3-24-22(25-11-9-16-5-4-6-18(13-16)21(27)23-2)26-12-10-17-7-8-19-20(14-17)29-15-28-19/h4-8,13-14H,3,9-12,15H2,1-2H3,(H,23,27)(H2,24,25,26). The molecule has 0 unspecified atom stereocenters. The van der Waals surface area contributed by atoms with E-state index < -0.39 is 0 Å². The number of carbonyl (C=O) groups excluding carboxylic acids is 1. The maximum Gasteiger partial charge on any atom is 0.251 e. The molecule has 0 atom stereocenters. The van der Waals surface area contributed by atoms with Crippen molar-refractivity contribution in [2.24, 2.45) is 4.99 Å². The van der Waals surface area contributed by atoms with Gasteiger partial charge in [-0.05, 0) is 55.2 Å². The molecule has 1 amide bonds. The fourth-order valence-electron chi connectivity index (χ4n) is 3.07. The number of aliphatic imine (C=N–C) groups is 1. The summed E-state index contributed by atoms with van der Waals surface area (Å²) in [7, 11) is 1.64. The van der Waals surface area contributed by atoms with Gasteiger partial charge in [-0.25, -0.2) is 0 Å². The van der Waals surface area contributed by atoms with Gasteiger partial charge in [-0.3, -0.25) is 9.79 Å². The monoisotopic (exact) mass is 396 g/mol. The van der Waals surface area contributed by atoms with Crippen LogP contribution in [0.1, 0.15) is 28.4 Å². The highest BCUT2D eigenvalue weighted by Crippen LogP contribution is 2.32. The van der Waals surface area contributed by atoms with Crippen LogP contribution in [0.15, 0.2) is 47.5 Å². The molecular weight excluding hydrogens is 368 g/mol. The molecular formula is C22H28N4O3. The highest BCUT2D eigenvalue weighted by Gasteiger charge is 2.12. The van der Waals surface area contributed by atoms with Crippen LogP contribution in [0.4, 0.5) is 0 Å². The molecule has 0 bridgehead atoms. The maximum absolute atomic E-state index is 11.8. The summed E-state index contributed by atoms with van der Waals surface area (Å²) < 4.78 is 10.8. The molecule has 2 aromatic rings. The lowest BCUT2D eigenvalue weighted by atomic mass is 10.1. The fraction of sp³-hybridized carbons (Fsp3) is 0.364. The summed E-state index contributed by atoms with van der Waals surface area (Å²) in [6, 6.07) is 13.7. The molecule has 7 nitrogen and oxygen atoms in total. The van der Waals surface area contributed by atoms with Crippen molar-refractivity contribution in [1.29, 1.82) is 0 Å². The van der Waals surface area contributed by atoms with Crippen molar-refractivity contribution in [3.8, 4) is 11.5 Å². The van der Waals surface area contributed by atoms with Crippen LogP contribution < -0.4 is 25.4 Å². The molecule has 0 saturated carbocycles. The molecule has 1 aliphatic heterocycles. The zero-order chi connectivity index (χ0) is 20.5. The van der Waals surface area contributed by atoms with Crippen LogP contribution >= 0.6 is 0 Å². The van der Waals surface area contributed by atoms with Crippen LogP contribution in [0.2, 0.25) is 0 Å². The molecule has 0 aliphatic carbocycles. The third-order valence-corrected chi connectivity index (χ3v) is 4.57. The van der Waals surface area contributed by atoms with E-state index in [1.807, 2.05) is 49.4 Å². The zero-order valence-corrected chi connectivity index (χ0v) is 17.0. The minimum absolute atomic E-state index is 0.0711. The molecule has 0 spiro atoms. The highest BCUT2D eigenvalue weighted by atomic mass is 16.7. The molecule has 7 heteroatoms. The number of rotatable bonds is 8. The van der Waals surface area contributed by atoms with Crippen LogP contribution in [-0.4, -0.2) is 45.3 Å². The largest absolute Gasteiger partial charge is 0.454 e. The Bertz CT molecular complexity index is 867. The maximum atomic E-state index is 11.8. The first kappa shape index (κ1) is 20.5. The average molecular weight is 396 g/mol. The Kier molecular flexibility index (Phi) is 7.33. The van der Waals surface area contributed by atoms with Gasteiger partial charge in [0, 0.05) is 32.2 Å². The third kappa shape index (κ3) is 5.88. The average Bonchev–Trinajstić information content (AvgIpc) is 3.21. The van der Waals surface area contributed by atoms with Gasteiger partial charge in [0.2, 0.25) is 6.79 Å². The van der Waals surface area contributed by atoms with E-state index in [0.717, 1.165) is 49.0 Å². The number of amides is 1. The summed E-state index contributed by atoms with van der Waals surface area (Å²) >= 11 is 0. The predicted octanol–water partition coefficient (Wildman–Crippen LogP) is 2.12. The van der Waals surface area contributed by atoms with Crippen molar-refractivity contribution >= 4 is 11.9 Å². The van der Waals surface area contributed by atoms with E-state index in [9.17, 15) is 4.79 Å². The van der Waals surface area contributed by atoms with Gasteiger partial charge in [0.15, 0.2) is 17.5 Å². The Morgan fingerprint density at radius 2 is 1.86 bits per heavy atom. The number of benzene rings is 2. The Morgan fingerprint density at radius 1 is 1.03 bits per heavy atom. The van der Waals surface area contributed by atoms with Gasteiger partial charge in [-0.2, -0.15) is 0 Å². The summed E-state index contributed by atoms with van der Waals surface area (Å²) in [5.74, 6) is 2.32. The number of carbonyl (C=O) groups is 1. The van der Waals surface area contributed by atoms with Gasteiger partial charge in [0.1, 0.15) is 0 Å². The molecule has 29 heavy (non-hydrogen) atoms. The van der Waals surface area contributed by atoms with Crippen molar-refractivity contribution in [2.45, 2.75) is 19.8 Å². The number of fused-ring (bicyclic) bond motifs is 1. The summed E-state index contributed by atoms with van der Waals surface area (Å²) in [4.78, 5) is 16.4. The molecule has 154 valence electrons. The van der Waals surface area contributed by atoms with E-state index in [2.05, 4.69) is 20.9 Å². The molecule has 1 aliphatic rings. The minimum atomic E-state index is -0.0711.